The summed E-state index contributed by atoms with van der Waals surface area (Å²) in [5.74, 6) is 0.610. The standard InChI is InChI=1S/C38H49N5O2S/c1-6-28(7-2)20-31-22-35(46-26-31)34-25-43(36-33(34)24-40-27-41-36)32-15-14-30(21-32)23-39-17-11-18-42(37(44)45-38(3,4)5)19-16-29-12-9-8-10-13-29/h6-10,12-13,22,24-27,30,32,39H,1,11,14-21,23H2,2-5H3/b28-7+/t30-,32+/m1/s1. The Balaban J connectivity index is 1.14. The molecule has 0 saturated heterocycles. The van der Waals surface area contributed by atoms with Crippen LogP contribution < -0.4 is 5.32 Å². The molecule has 0 aliphatic heterocycles. The van der Waals surface area contributed by atoms with Crippen LogP contribution in [0, 0.1) is 5.92 Å². The van der Waals surface area contributed by atoms with Crippen molar-refractivity contribution in [2.75, 3.05) is 26.2 Å². The monoisotopic (exact) mass is 639 g/mol. The maximum atomic E-state index is 12.9. The number of thiophene rings is 1. The van der Waals surface area contributed by atoms with Gasteiger partial charge in [-0.3, -0.25) is 0 Å². The molecule has 244 valence electrons. The van der Waals surface area contributed by atoms with Crippen molar-refractivity contribution in [2.45, 2.75) is 77.9 Å². The second-order valence-electron chi connectivity index (χ2n) is 13.4. The van der Waals surface area contributed by atoms with E-state index >= 15 is 0 Å². The zero-order valence-corrected chi connectivity index (χ0v) is 28.7. The highest BCUT2D eigenvalue weighted by atomic mass is 32.1. The molecule has 7 nitrogen and oxygen atoms in total. The van der Waals surface area contributed by atoms with E-state index in [9.17, 15) is 4.79 Å². The molecule has 1 aliphatic carbocycles. The first kappa shape index (κ1) is 33.6. The number of carbonyl (C=O) groups excluding carboxylic acids is 1. The molecular weight excluding hydrogens is 591 g/mol. The number of nitrogens with zero attached hydrogens (tertiary/aromatic N) is 4. The van der Waals surface area contributed by atoms with Gasteiger partial charge < -0.3 is 19.5 Å². The van der Waals surface area contributed by atoms with Crippen molar-refractivity contribution in [3.8, 4) is 10.4 Å². The molecule has 5 rings (SSSR count). The number of amides is 1. The number of allylic oxidation sites excluding steroid dienone is 3. The van der Waals surface area contributed by atoms with Crippen LogP contribution in [0.2, 0.25) is 0 Å². The summed E-state index contributed by atoms with van der Waals surface area (Å²) >= 11 is 1.79. The minimum absolute atomic E-state index is 0.234. The van der Waals surface area contributed by atoms with Crippen LogP contribution in [0.4, 0.5) is 4.79 Å². The molecule has 1 N–H and O–H groups in total. The van der Waals surface area contributed by atoms with Gasteiger partial charge in [0.05, 0.1) is 0 Å². The number of ether oxygens (including phenoxy) is 1. The van der Waals surface area contributed by atoms with E-state index in [1.807, 2.05) is 56.1 Å². The number of hydrogen-bond donors (Lipinski definition) is 1. The fourth-order valence-electron chi connectivity index (χ4n) is 6.32. The first-order valence-electron chi connectivity index (χ1n) is 16.6. The van der Waals surface area contributed by atoms with Crippen molar-refractivity contribution in [1.29, 1.82) is 0 Å². The van der Waals surface area contributed by atoms with Crippen LogP contribution in [0.1, 0.15) is 70.5 Å². The molecule has 0 bridgehead atoms. The Morgan fingerprint density at radius 2 is 2.02 bits per heavy atom. The van der Waals surface area contributed by atoms with Gasteiger partial charge in [0.15, 0.2) is 0 Å². The van der Waals surface area contributed by atoms with E-state index in [4.69, 9.17) is 9.72 Å². The minimum atomic E-state index is -0.508. The van der Waals surface area contributed by atoms with Gasteiger partial charge >= 0.3 is 6.09 Å². The summed E-state index contributed by atoms with van der Waals surface area (Å²) in [6.07, 6.45) is 15.8. The highest BCUT2D eigenvalue weighted by Gasteiger charge is 2.28. The van der Waals surface area contributed by atoms with Crippen LogP contribution in [0.5, 0.6) is 0 Å². The second kappa shape index (κ2) is 15.7. The highest BCUT2D eigenvalue weighted by Crippen LogP contribution is 2.40. The van der Waals surface area contributed by atoms with E-state index in [2.05, 4.69) is 64.2 Å². The lowest BCUT2D eigenvalue weighted by atomic mass is 10.1. The molecule has 46 heavy (non-hydrogen) atoms. The van der Waals surface area contributed by atoms with Crippen LogP contribution in [0.15, 0.2) is 84.8 Å². The van der Waals surface area contributed by atoms with Gasteiger partial charge in [0.1, 0.15) is 17.6 Å². The molecule has 0 spiro atoms. The summed E-state index contributed by atoms with van der Waals surface area (Å²) in [6.45, 7) is 15.0. The van der Waals surface area contributed by atoms with Gasteiger partial charge in [-0.2, -0.15) is 0 Å². The van der Waals surface area contributed by atoms with Crippen molar-refractivity contribution < 1.29 is 9.53 Å². The van der Waals surface area contributed by atoms with Gasteiger partial charge in [-0.25, -0.2) is 14.8 Å². The fraction of sp³-hybridized carbons (Fsp3) is 0.447. The third kappa shape index (κ3) is 8.95. The average molecular weight is 640 g/mol. The lowest BCUT2D eigenvalue weighted by molar-refractivity contribution is 0.0250. The van der Waals surface area contributed by atoms with Crippen molar-refractivity contribution in [1.82, 2.24) is 24.8 Å². The summed E-state index contributed by atoms with van der Waals surface area (Å²) in [6, 6.07) is 13.0. The average Bonchev–Trinajstić information content (AvgIpc) is 3.79. The van der Waals surface area contributed by atoms with Crippen molar-refractivity contribution in [3.63, 3.8) is 0 Å². The van der Waals surface area contributed by atoms with Crippen LogP contribution in [0.3, 0.4) is 0 Å². The van der Waals surface area contributed by atoms with E-state index in [0.29, 0.717) is 25.0 Å². The smallest absolute Gasteiger partial charge is 0.410 e. The number of rotatable bonds is 14. The Labute approximate surface area is 278 Å². The van der Waals surface area contributed by atoms with E-state index in [-0.39, 0.29) is 6.09 Å². The first-order valence-corrected chi connectivity index (χ1v) is 17.5. The molecule has 1 aromatic carbocycles. The quantitative estimate of drug-likeness (QED) is 0.110. The maximum Gasteiger partial charge on any atom is 0.410 e. The second-order valence-corrected chi connectivity index (χ2v) is 14.3. The summed E-state index contributed by atoms with van der Waals surface area (Å²) < 4.78 is 8.12. The van der Waals surface area contributed by atoms with E-state index in [1.165, 1.54) is 33.6 Å². The Morgan fingerprint density at radius 1 is 1.20 bits per heavy atom. The number of benzene rings is 1. The predicted octanol–water partition coefficient (Wildman–Crippen LogP) is 8.64. The molecule has 2 atom stereocenters. The van der Waals surface area contributed by atoms with Gasteiger partial charge in [-0.15, -0.1) is 11.3 Å². The lowest BCUT2D eigenvalue weighted by Crippen LogP contribution is -2.39. The van der Waals surface area contributed by atoms with Crippen molar-refractivity contribution >= 4 is 28.5 Å². The van der Waals surface area contributed by atoms with Crippen LogP contribution in [-0.2, 0) is 17.6 Å². The Morgan fingerprint density at radius 3 is 2.78 bits per heavy atom. The molecular formula is C38H49N5O2S. The topological polar surface area (TPSA) is 72.3 Å². The number of carbonyl (C=O) groups is 1. The van der Waals surface area contributed by atoms with Crippen LogP contribution in [-0.4, -0.2) is 57.3 Å². The van der Waals surface area contributed by atoms with Crippen molar-refractivity contribution in [3.05, 3.63) is 95.9 Å². The number of aromatic nitrogens is 3. The molecule has 8 heteroatoms. The van der Waals surface area contributed by atoms with Gasteiger partial charge in [0.25, 0.3) is 0 Å². The Bertz CT molecular complexity index is 1620. The SMILES string of the molecule is C=C/C(=C\C)Cc1csc(-c2cn([C@H]3CC[C@@H](CNCCCN(CCc4ccccc4)C(=O)OC(C)(C)C)C3)c3ncncc23)c1. The number of hydrogen-bond acceptors (Lipinski definition) is 6. The molecule has 1 aliphatic rings. The zero-order valence-electron chi connectivity index (χ0n) is 27.9. The van der Waals surface area contributed by atoms with Gasteiger partial charge in [-0.1, -0.05) is 49.1 Å². The Hall–Kier alpha value is -3.75. The number of fused-ring (bicyclic) bond motifs is 1. The summed E-state index contributed by atoms with van der Waals surface area (Å²) in [7, 11) is 0. The van der Waals surface area contributed by atoms with Crippen LogP contribution >= 0.6 is 11.3 Å². The van der Waals surface area contributed by atoms with Crippen LogP contribution in [0.25, 0.3) is 21.5 Å². The van der Waals surface area contributed by atoms with E-state index < -0.39 is 5.60 Å². The molecule has 3 heterocycles. The molecule has 0 unspecified atom stereocenters. The lowest BCUT2D eigenvalue weighted by Gasteiger charge is -2.27. The van der Waals surface area contributed by atoms with Crippen molar-refractivity contribution in [2.24, 2.45) is 5.92 Å². The predicted molar refractivity (Wildman–Crippen MR) is 190 cm³/mol. The van der Waals surface area contributed by atoms with E-state index in [0.717, 1.165) is 56.2 Å². The third-order valence-corrected chi connectivity index (χ3v) is 9.75. The molecule has 1 fully saturated rings. The summed E-state index contributed by atoms with van der Waals surface area (Å²) in [5.41, 5.74) is 5.51. The molecule has 0 radical (unpaired) electrons. The first-order chi connectivity index (χ1) is 22.2. The highest BCUT2D eigenvalue weighted by molar-refractivity contribution is 7.13. The third-order valence-electron chi connectivity index (χ3n) is 8.74. The Kier molecular flexibility index (Phi) is 11.5. The molecule has 4 aromatic rings. The van der Waals surface area contributed by atoms with Gasteiger partial charge in [0.2, 0.25) is 0 Å². The minimum Gasteiger partial charge on any atom is -0.444 e. The summed E-state index contributed by atoms with van der Waals surface area (Å²) in [5, 5.41) is 7.06. The van der Waals surface area contributed by atoms with E-state index in [1.54, 1.807) is 17.7 Å². The largest absolute Gasteiger partial charge is 0.444 e. The van der Waals surface area contributed by atoms with Gasteiger partial charge in [-0.05, 0) is 113 Å². The molecule has 3 aromatic heterocycles. The molecule has 1 amide bonds. The number of nitrogens with one attached hydrogen (secondary N) is 1. The normalized spacial score (nSPS) is 17.0. The zero-order chi connectivity index (χ0) is 32.5. The maximum absolute atomic E-state index is 12.9. The van der Waals surface area contributed by atoms with Gasteiger partial charge in [0, 0.05) is 47.4 Å². The summed E-state index contributed by atoms with van der Waals surface area (Å²) in [4.78, 5) is 25.2. The molecule has 1 saturated carbocycles. The fourth-order valence-corrected chi connectivity index (χ4v) is 7.26.